The molecule has 0 bridgehead atoms. The Morgan fingerprint density at radius 2 is 1.81 bits per heavy atom. The van der Waals surface area contributed by atoms with Crippen LogP contribution in [0.15, 0.2) is 84.4 Å². The molecule has 0 saturated heterocycles. The number of rotatable bonds is 10. The predicted octanol–water partition coefficient (Wildman–Crippen LogP) is 2.75. The molecule has 0 fully saturated rings. The van der Waals surface area contributed by atoms with E-state index in [1.807, 2.05) is 67.6 Å². The van der Waals surface area contributed by atoms with Crippen LogP contribution in [0.3, 0.4) is 0 Å². The Bertz CT molecular complexity index is 975. The molecule has 1 aliphatic rings. The fourth-order valence-electron chi connectivity index (χ4n) is 3.59. The minimum Gasteiger partial charge on any atom is -0.488 e. The Balaban J connectivity index is 1.95. The van der Waals surface area contributed by atoms with Crippen LogP contribution in [0.2, 0.25) is 0 Å². The summed E-state index contributed by atoms with van der Waals surface area (Å²) in [6.45, 7) is 2.17. The van der Waals surface area contributed by atoms with Crippen molar-refractivity contribution >= 4 is 12.2 Å². The lowest BCUT2D eigenvalue weighted by molar-refractivity contribution is -0.119. The summed E-state index contributed by atoms with van der Waals surface area (Å²) < 4.78 is 5.93. The van der Waals surface area contributed by atoms with E-state index in [9.17, 15) is 14.7 Å². The zero-order valence-electron chi connectivity index (χ0n) is 18.3. The Morgan fingerprint density at radius 3 is 2.44 bits per heavy atom. The molecule has 1 aliphatic heterocycles. The largest absolute Gasteiger partial charge is 0.488 e. The maximum absolute atomic E-state index is 12.8. The second-order valence-electron chi connectivity index (χ2n) is 7.74. The number of hydrogen-bond acceptors (Lipinski definition) is 6. The van der Waals surface area contributed by atoms with Gasteiger partial charge in [-0.25, -0.2) is 5.43 Å². The molecule has 32 heavy (non-hydrogen) atoms. The van der Waals surface area contributed by atoms with Crippen molar-refractivity contribution < 1.29 is 19.4 Å². The molecule has 2 atom stereocenters. The molecule has 2 aromatic rings. The van der Waals surface area contributed by atoms with Crippen LogP contribution >= 0.6 is 0 Å². The number of carbonyl (C=O) groups is 2. The highest BCUT2D eigenvalue weighted by Gasteiger charge is 2.35. The molecule has 7 heteroatoms. The van der Waals surface area contributed by atoms with Crippen LogP contribution < -0.4 is 10.7 Å². The number of benzene rings is 2. The van der Waals surface area contributed by atoms with Gasteiger partial charge in [0.2, 0.25) is 0 Å². The smallest absolute Gasteiger partial charge is 0.272 e. The van der Waals surface area contributed by atoms with E-state index in [4.69, 9.17) is 4.74 Å². The molecule has 3 rings (SSSR count). The molecule has 0 saturated carbocycles. The van der Waals surface area contributed by atoms with E-state index in [2.05, 4.69) is 10.7 Å². The summed E-state index contributed by atoms with van der Waals surface area (Å²) in [5, 5.41) is 14.8. The molecule has 0 aromatic heterocycles. The lowest BCUT2D eigenvalue weighted by Gasteiger charge is -2.39. The van der Waals surface area contributed by atoms with Gasteiger partial charge in [-0.1, -0.05) is 60.7 Å². The Kier molecular flexibility index (Phi) is 7.81. The van der Waals surface area contributed by atoms with Gasteiger partial charge in [-0.05, 0) is 30.5 Å². The van der Waals surface area contributed by atoms with Crippen molar-refractivity contribution in [2.45, 2.75) is 38.0 Å². The normalized spacial score (nSPS) is 17.6. The van der Waals surface area contributed by atoms with Crippen molar-refractivity contribution in [3.63, 3.8) is 0 Å². The number of amides is 1. The van der Waals surface area contributed by atoms with Crippen LogP contribution in [0.25, 0.3) is 0 Å². The second-order valence-corrected chi connectivity index (χ2v) is 7.74. The second kappa shape index (κ2) is 10.7. The van der Waals surface area contributed by atoms with Gasteiger partial charge in [-0.3, -0.25) is 9.80 Å². The summed E-state index contributed by atoms with van der Waals surface area (Å²) in [4.78, 5) is 24.0. The minimum atomic E-state index is -1.07. The van der Waals surface area contributed by atoms with Crippen molar-refractivity contribution in [3.05, 3.63) is 95.5 Å². The van der Waals surface area contributed by atoms with Gasteiger partial charge in [0.05, 0.1) is 5.54 Å². The Labute approximate surface area is 188 Å². The monoisotopic (exact) mass is 435 g/mol. The lowest BCUT2D eigenvalue weighted by Crippen LogP contribution is -2.52. The summed E-state index contributed by atoms with van der Waals surface area (Å²) >= 11 is 0. The molecule has 0 radical (unpaired) electrons. The number of aldehydes is 1. The first-order valence-electron chi connectivity index (χ1n) is 10.5. The fourth-order valence-corrected chi connectivity index (χ4v) is 3.59. The zero-order valence-corrected chi connectivity index (χ0v) is 18.3. The predicted molar refractivity (Wildman–Crippen MR) is 122 cm³/mol. The van der Waals surface area contributed by atoms with Crippen molar-refractivity contribution in [3.8, 4) is 0 Å². The number of aliphatic hydroxyl groups excluding tert-OH is 1. The van der Waals surface area contributed by atoms with Crippen LogP contribution in [-0.2, 0) is 26.5 Å². The average molecular weight is 436 g/mol. The summed E-state index contributed by atoms with van der Waals surface area (Å²) in [5.41, 5.74) is 4.76. The molecular weight excluding hydrogens is 406 g/mol. The molecule has 2 aromatic carbocycles. The Morgan fingerprint density at radius 1 is 1.16 bits per heavy atom. The first-order chi connectivity index (χ1) is 15.5. The van der Waals surface area contributed by atoms with Crippen LogP contribution in [0.5, 0.6) is 0 Å². The summed E-state index contributed by atoms with van der Waals surface area (Å²) in [6, 6.07) is 19.2. The highest BCUT2D eigenvalue weighted by atomic mass is 16.5. The van der Waals surface area contributed by atoms with Crippen molar-refractivity contribution in [1.29, 1.82) is 0 Å². The number of nitrogens with one attached hydrogen (secondary N) is 2. The maximum atomic E-state index is 12.8. The third kappa shape index (κ3) is 5.43. The van der Waals surface area contributed by atoms with E-state index in [0.717, 1.165) is 17.4 Å². The SMILES string of the molecule is CNC(=O)C1=C(OCc2ccccc2)C(O)C=CN1NC(C)(CCC=O)c1ccccc1. The van der Waals surface area contributed by atoms with E-state index in [-0.39, 0.29) is 18.1 Å². The number of carbonyl (C=O) groups excluding carboxylic acids is 2. The minimum absolute atomic E-state index is 0.147. The number of hydrogen-bond donors (Lipinski definition) is 3. The number of likely N-dealkylation sites (N-methyl/N-ethyl adjacent to an activating group) is 1. The fraction of sp³-hybridized carbons (Fsp3) is 0.280. The van der Waals surface area contributed by atoms with Crippen LogP contribution in [0, 0.1) is 0 Å². The first-order valence-corrected chi connectivity index (χ1v) is 10.5. The summed E-state index contributed by atoms with van der Waals surface area (Å²) in [6.07, 6.45) is 3.81. The maximum Gasteiger partial charge on any atom is 0.272 e. The van der Waals surface area contributed by atoms with Crippen LogP contribution in [0.4, 0.5) is 0 Å². The van der Waals surface area contributed by atoms with E-state index in [1.54, 1.807) is 17.3 Å². The molecular formula is C25H29N3O4. The molecule has 3 N–H and O–H groups in total. The number of nitrogens with zero attached hydrogens (tertiary/aromatic N) is 1. The quantitative estimate of drug-likeness (QED) is 0.497. The topological polar surface area (TPSA) is 90.9 Å². The van der Waals surface area contributed by atoms with Gasteiger partial charge in [-0.2, -0.15) is 0 Å². The van der Waals surface area contributed by atoms with Gasteiger partial charge >= 0.3 is 0 Å². The summed E-state index contributed by atoms with van der Waals surface area (Å²) in [7, 11) is 1.52. The van der Waals surface area contributed by atoms with E-state index in [0.29, 0.717) is 12.8 Å². The van der Waals surface area contributed by atoms with Crippen LogP contribution in [-0.4, -0.2) is 35.5 Å². The van der Waals surface area contributed by atoms with Gasteiger partial charge in [0.1, 0.15) is 19.0 Å². The van der Waals surface area contributed by atoms with Crippen molar-refractivity contribution in [1.82, 2.24) is 15.8 Å². The van der Waals surface area contributed by atoms with Gasteiger partial charge in [-0.15, -0.1) is 0 Å². The third-order valence-corrected chi connectivity index (χ3v) is 5.38. The van der Waals surface area contributed by atoms with E-state index >= 15 is 0 Å². The molecule has 7 nitrogen and oxygen atoms in total. The summed E-state index contributed by atoms with van der Waals surface area (Å²) in [5.74, 6) is -0.260. The number of hydrazine groups is 1. The van der Waals surface area contributed by atoms with Crippen molar-refractivity contribution in [2.24, 2.45) is 0 Å². The number of aliphatic hydroxyl groups is 1. The standard InChI is InChI=1S/C25H29N3O4/c1-25(15-9-17-29,20-12-7-4-8-13-20)27-28-16-14-21(30)23(22(28)24(31)26-2)32-18-19-10-5-3-6-11-19/h3-8,10-14,16-17,21,27,30H,9,15,18H2,1-2H3,(H,26,31). The highest BCUT2D eigenvalue weighted by Crippen LogP contribution is 2.30. The Hall–Kier alpha value is -3.42. The molecule has 0 spiro atoms. The van der Waals surface area contributed by atoms with Gasteiger partial charge in [0.15, 0.2) is 11.5 Å². The zero-order chi connectivity index (χ0) is 23.0. The molecule has 1 amide bonds. The van der Waals surface area contributed by atoms with Crippen molar-refractivity contribution in [2.75, 3.05) is 7.05 Å². The van der Waals surface area contributed by atoms with Gasteiger partial charge in [0.25, 0.3) is 5.91 Å². The van der Waals surface area contributed by atoms with E-state index in [1.165, 1.54) is 7.05 Å². The molecule has 168 valence electrons. The molecule has 0 aliphatic carbocycles. The average Bonchev–Trinajstić information content (AvgIpc) is 2.83. The first kappa shape index (κ1) is 23.2. The highest BCUT2D eigenvalue weighted by molar-refractivity contribution is 5.93. The molecule has 2 unspecified atom stereocenters. The van der Waals surface area contributed by atoms with Crippen LogP contribution in [0.1, 0.15) is 30.9 Å². The number of ether oxygens (including phenoxy) is 1. The van der Waals surface area contributed by atoms with E-state index < -0.39 is 17.6 Å². The molecule has 1 heterocycles. The lowest BCUT2D eigenvalue weighted by atomic mass is 9.88. The van der Waals surface area contributed by atoms with Gasteiger partial charge < -0.3 is 20.0 Å². The third-order valence-electron chi connectivity index (χ3n) is 5.38. The van der Waals surface area contributed by atoms with Gasteiger partial charge in [0, 0.05) is 19.7 Å².